The Balaban J connectivity index is 1.36. The second kappa shape index (κ2) is 10.1. The van der Waals surface area contributed by atoms with Crippen LogP contribution in [0.15, 0.2) is 60.0 Å². The molecule has 2 aromatic heterocycles. The maximum Gasteiger partial charge on any atom is 0.411 e. The molecule has 0 saturated heterocycles. The third kappa shape index (κ3) is 4.41. The fraction of sp³-hybridized carbons (Fsp3) is 0.154. The number of anilines is 2. The molecule has 1 amide bonds. The third-order valence-corrected chi connectivity index (χ3v) is 7.61. The van der Waals surface area contributed by atoms with E-state index in [1.807, 2.05) is 0 Å². The molecule has 1 aliphatic heterocycles. The second-order valence-corrected chi connectivity index (χ2v) is 10.1. The van der Waals surface area contributed by atoms with Gasteiger partial charge in [0, 0.05) is 21.8 Å². The summed E-state index contributed by atoms with van der Waals surface area (Å²) in [5.74, 6) is 0.225. The van der Waals surface area contributed by atoms with E-state index in [4.69, 9.17) is 23.2 Å². The number of hydrazine groups is 1. The van der Waals surface area contributed by atoms with Crippen LogP contribution in [0.5, 0.6) is 0 Å². The molecule has 3 heterocycles. The van der Waals surface area contributed by atoms with E-state index in [1.54, 1.807) is 60.0 Å². The molecule has 12 nitrogen and oxygen atoms in total. The zero-order valence-corrected chi connectivity index (χ0v) is 22.5. The van der Waals surface area contributed by atoms with E-state index in [-0.39, 0.29) is 17.9 Å². The molecule has 0 fully saturated rings. The number of carbonyl (C=O) groups is 1. The van der Waals surface area contributed by atoms with Crippen molar-refractivity contribution in [2.75, 3.05) is 17.4 Å². The Kier molecular flexibility index (Phi) is 6.56. The van der Waals surface area contributed by atoms with Crippen LogP contribution in [0.4, 0.5) is 16.2 Å². The Bertz CT molecular complexity index is 1660. The van der Waals surface area contributed by atoms with E-state index in [0.29, 0.717) is 55.0 Å². The van der Waals surface area contributed by atoms with Crippen molar-refractivity contribution in [3.63, 3.8) is 0 Å². The molecule has 4 aromatic rings. The number of nitrogens with zero attached hydrogens (tertiary/aromatic N) is 4. The molecule has 1 aliphatic carbocycles. The number of nitrogens with two attached hydrogens (primary N) is 1. The lowest BCUT2D eigenvalue weighted by molar-refractivity contribution is -0.708. The first-order valence-electron chi connectivity index (χ1n) is 12.2. The zero-order chi connectivity index (χ0) is 28.0. The van der Waals surface area contributed by atoms with Gasteiger partial charge in [0.25, 0.3) is 0 Å². The molecule has 2 aromatic carbocycles. The number of methoxy groups -OCH3 is 1. The molecule has 1 atom stereocenters. The summed E-state index contributed by atoms with van der Waals surface area (Å²) >= 11 is 13.2. The number of hydrogen-bond acceptors (Lipinski definition) is 8. The molecule has 40 heavy (non-hydrogen) atoms. The molecule has 0 saturated carbocycles. The highest BCUT2D eigenvalue weighted by atomic mass is 35.5. The number of aromatic amines is 1. The number of ether oxygens (including phenoxy) is 1. The Morgan fingerprint density at radius 2 is 2.05 bits per heavy atom. The van der Waals surface area contributed by atoms with Crippen LogP contribution in [-0.2, 0) is 16.8 Å². The van der Waals surface area contributed by atoms with E-state index >= 15 is 0 Å². The molecular weight excluding hydrogens is 559 g/mol. The Morgan fingerprint density at radius 3 is 2.77 bits per heavy atom. The normalized spacial score (nSPS) is 17.8. The number of rotatable bonds is 5. The first kappa shape index (κ1) is 26.0. The monoisotopic (exact) mass is 581 g/mol. The summed E-state index contributed by atoms with van der Waals surface area (Å²) in [6, 6.07) is 12.3. The number of aliphatic hydroxyl groups is 1. The predicted molar refractivity (Wildman–Crippen MR) is 148 cm³/mol. The maximum atomic E-state index is 13.5. The highest BCUT2D eigenvalue weighted by molar-refractivity contribution is 6.35. The topological polar surface area (TPSA) is 158 Å². The van der Waals surface area contributed by atoms with E-state index in [2.05, 4.69) is 30.7 Å². The lowest BCUT2D eigenvalue weighted by Crippen LogP contribution is -2.87. The first-order valence-corrected chi connectivity index (χ1v) is 12.9. The molecule has 2 aliphatic rings. The van der Waals surface area contributed by atoms with Crippen LogP contribution in [0.1, 0.15) is 23.5 Å². The van der Waals surface area contributed by atoms with Gasteiger partial charge >= 0.3 is 6.09 Å². The smallest absolute Gasteiger partial charge is 0.411 e. The van der Waals surface area contributed by atoms with Gasteiger partial charge in [0.15, 0.2) is 12.5 Å². The summed E-state index contributed by atoms with van der Waals surface area (Å²) in [5.41, 5.74) is 7.25. The minimum Gasteiger partial charge on any atom is -0.618 e. The first-order chi connectivity index (χ1) is 19.3. The van der Waals surface area contributed by atoms with Gasteiger partial charge in [-0.05, 0) is 54.3 Å². The number of amides is 1. The molecule has 1 unspecified atom stereocenters. The van der Waals surface area contributed by atoms with Gasteiger partial charge in [-0.2, -0.15) is 4.73 Å². The lowest BCUT2D eigenvalue weighted by atomic mass is 9.98. The van der Waals surface area contributed by atoms with Crippen LogP contribution in [0, 0.1) is 5.21 Å². The number of fused-ring (bicyclic) bond motifs is 1. The quantitative estimate of drug-likeness (QED) is 0.138. The number of halogens is 2. The second-order valence-electron chi connectivity index (χ2n) is 9.26. The van der Waals surface area contributed by atoms with Gasteiger partial charge in [0.1, 0.15) is 5.82 Å². The van der Waals surface area contributed by atoms with Crippen molar-refractivity contribution in [2.45, 2.75) is 18.4 Å². The number of carbonyl (C=O) groups excluding carboxylic acids is 1. The fourth-order valence-corrected chi connectivity index (χ4v) is 5.52. The van der Waals surface area contributed by atoms with E-state index in [1.165, 1.54) is 18.8 Å². The molecule has 6 rings (SSSR count). The average molecular weight is 582 g/mol. The van der Waals surface area contributed by atoms with Crippen LogP contribution in [-0.4, -0.2) is 34.6 Å². The Morgan fingerprint density at radius 1 is 1.25 bits per heavy atom. The number of imidazole rings is 1. The Hall–Kier alpha value is -4.20. The molecule has 14 heteroatoms. The summed E-state index contributed by atoms with van der Waals surface area (Å²) in [4.78, 5) is 19.0. The number of H-pyrrole nitrogens is 1. The summed E-state index contributed by atoms with van der Waals surface area (Å²) in [5, 5.41) is 34.4. The number of aromatic nitrogens is 3. The van der Waals surface area contributed by atoms with Crippen LogP contribution >= 0.6 is 23.2 Å². The van der Waals surface area contributed by atoms with Gasteiger partial charge in [-0.3, -0.25) is 5.32 Å². The van der Waals surface area contributed by atoms with Crippen molar-refractivity contribution in [1.82, 2.24) is 15.5 Å². The van der Waals surface area contributed by atoms with E-state index < -0.39 is 11.7 Å². The minimum atomic E-state index is -1.68. The van der Waals surface area contributed by atoms with Crippen molar-refractivity contribution in [2.24, 2.45) is 5.10 Å². The number of hydrogen-bond donors (Lipinski definition) is 5. The predicted octanol–water partition coefficient (Wildman–Crippen LogP) is 2.79. The molecule has 0 bridgehead atoms. The van der Waals surface area contributed by atoms with Gasteiger partial charge < -0.3 is 20.0 Å². The van der Waals surface area contributed by atoms with Gasteiger partial charge in [-0.1, -0.05) is 40.4 Å². The summed E-state index contributed by atoms with van der Waals surface area (Å²) < 4.78 is 5.26. The van der Waals surface area contributed by atoms with Crippen LogP contribution < -0.4 is 26.1 Å². The van der Waals surface area contributed by atoms with Gasteiger partial charge in [0.05, 0.1) is 35.3 Å². The van der Waals surface area contributed by atoms with Crippen molar-refractivity contribution >= 4 is 47.0 Å². The van der Waals surface area contributed by atoms with Gasteiger partial charge in [0.2, 0.25) is 11.3 Å². The third-order valence-electron chi connectivity index (χ3n) is 6.94. The molecular formula is C26H23Cl2N8O4+. The summed E-state index contributed by atoms with van der Waals surface area (Å²) in [6.45, 7) is 0. The van der Waals surface area contributed by atoms with E-state index in [9.17, 15) is 15.1 Å². The standard InChI is InChI=1S/C26H22Cl2N8O4/c1-40-25(37)31-16-5-2-14(3-6-16)20-11-29-24(32-20)26(38)9-8-17-22(28)19(12-36(39)23(17)26)18-10-15(27)4-7-21(18)35-13-30-33-34-35/h2-7,10-13,33-34,38H,8-9H2,1H3,(H,29,32)(H,31,37)/p+1. The number of nitrogens with one attached hydrogen (secondary N) is 3. The highest BCUT2D eigenvalue weighted by Gasteiger charge is 2.49. The fourth-order valence-electron chi connectivity index (χ4n) is 5.02. The van der Waals surface area contributed by atoms with E-state index in [0.717, 1.165) is 5.56 Å². The lowest BCUT2D eigenvalue weighted by Gasteiger charge is -2.21. The van der Waals surface area contributed by atoms with Crippen LogP contribution in [0.25, 0.3) is 22.4 Å². The molecule has 204 valence electrons. The SMILES string of the molecule is COC(=O)Nc1ccc(-c2cnc(C3(O)CCc4c(Cl)c(-c5cc(Cl)ccc5N5C=N[NH2+]N5)c[n+]([O-])c43)[nH]2)cc1. The van der Waals surface area contributed by atoms with Crippen molar-refractivity contribution in [3.05, 3.63) is 87.2 Å². The van der Waals surface area contributed by atoms with Crippen LogP contribution in [0.3, 0.4) is 0 Å². The molecule has 6 N–H and O–H groups in total. The van der Waals surface area contributed by atoms with Crippen molar-refractivity contribution < 1.29 is 24.9 Å². The average Bonchev–Trinajstić information content (AvgIpc) is 3.72. The van der Waals surface area contributed by atoms with Crippen molar-refractivity contribution in [3.8, 4) is 22.4 Å². The largest absolute Gasteiger partial charge is 0.618 e. The van der Waals surface area contributed by atoms with Gasteiger partial charge in [-0.25, -0.2) is 14.8 Å². The summed E-state index contributed by atoms with van der Waals surface area (Å²) in [7, 11) is 1.29. The molecule has 0 spiro atoms. The van der Waals surface area contributed by atoms with Gasteiger partial charge in [-0.15, -0.1) is 5.53 Å². The molecule has 0 radical (unpaired) electrons. The maximum absolute atomic E-state index is 13.5. The highest BCUT2D eigenvalue weighted by Crippen LogP contribution is 2.46. The number of quaternary nitrogens is 1. The zero-order valence-electron chi connectivity index (χ0n) is 21.0. The number of pyridine rings is 1. The Labute approximate surface area is 237 Å². The summed E-state index contributed by atoms with van der Waals surface area (Å²) in [6.07, 6.45) is 4.52. The number of benzene rings is 2. The van der Waals surface area contributed by atoms with Crippen molar-refractivity contribution in [1.29, 1.82) is 0 Å². The minimum absolute atomic E-state index is 0.123. The van der Waals surface area contributed by atoms with Crippen LogP contribution in [0.2, 0.25) is 10.0 Å².